The lowest BCUT2D eigenvalue weighted by molar-refractivity contribution is -0.111. The Morgan fingerprint density at radius 1 is 1.12 bits per heavy atom. The van der Waals surface area contributed by atoms with Crippen molar-refractivity contribution in [1.82, 2.24) is 14.9 Å². The molecule has 1 aliphatic rings. The molecule has 1 aliphatic heterocycles. The molecule has 3 aromatic carbocycles. The summed E-state index contributed by atoms with van der Waals surface area (Å²) in [5, 5.41) is 16.8. The van der Waals surface area contributed by atoms with Gasteiger partial charge in [0.05, 0.1) is 23.4 Å². The van der Waals surface area contributed by atoms with Crippen molar-refractivity contribution in [3.8, 4) is 17.2 Å². The van der Waals surface area contributed by atoms with Gasteiger partial charge in [0.1, 0.15) is 6.07 Å². The Hall–Kier alpha value is -4.78. The van der Waals surface area contributed by atoms with E-state index < -0.39 is 0 Å². The molecule has 202 valence electrons. The monoisotopic (exact) mass is 533 g/mol. The van der Waals surface area contributed by atoms with Crippen LogP contribution in [0.2, 0.25) is 0 Å². The predicted molar refractivity (Wildman–Crippen MR) is 159 cm³/mol. The second-order valence-electron chi connectivity index (χ2n) is 9.50. The standard InChI is InChI=1S/C31H31N7O2/c1-3-29(39)34-25-8-4-6-22(18-25)27-9-5-7-23-21-33-31(36-30(23)27)35-28-11-10-26(19-24(28)20-32)38-14-12-37(13-15-38)16-17-40-2/h3-11,18-19,21H,1,12-17H2,2H3,(H,34,39)(H,33,35,36). The van der Waals surface area contributed by atoms with Crippen molar-refractivity contribution in [2.45, 2.75) is 0 Å². The molecule has 1 fully saturated rings. The van der Waals surface area contributed by atoms with E-state index in [4.69, 9.17) is 9.72 Å². The number of anilines is 4. The van der Waals surface area contributed by atoms with Crippen LogP contribution in [-0.2, 0) is 9.53 Å². The maximum Gasteiger partial charge on any atom is 0.247 e. The van der Waals surface area contributed by atoms with Crippen molar-refractivity contribution in [3.63, 3.8) is 0 Å². The second-order valence-corrected chi connectivity index (χ2v) is 9.50. The van der Waals surface area contributed by atoms with Crippen molar-refractivity contribution in [1.29, 1.82) is 5.26 Å². The molecule has 2 heterocycles. The highest BCUT2D eigenvalue weighted by atomic mass is 16.5. The Balaban J connectivity index is 1.38. The fourth-order valence-electron chi connectivity index (χ4n) is 4.81. The minimum absolute atomic E-state index is 0.271. The quantitative estimate of drug-likeness (QED) is 0.296. The van der Waals surface area contributed by atoms with Crippen LogP contribution in [0.3, 0.4) is 0 Å². The highest BCUT2D eigenvalue weighted by Crippen LogP contribution is 2.31. The summed E-state index contributed by atoms with van der Waals surface area (Å²) in [6.45, 7) is 8.90. The zero-order valence-corrected chi connectivity index (χ0v) is 22.4. The molecule has 0 radical (unpaired) electrons. The minimum Gasteiger partial charge on any atom is -0.383 e. The Bertz CT molecular complexity index is 1570. The average Bonchev–Trinajstić information content (AvgIpc) is 3.00. The Morgan fingerprint density at radius 3 is 2.73 bits per heavy atom. The maximum absolute atomic E-state index is 11.8. The SMILES string of the molecule is C=CC(=O)Nc1cccc(-c2cccc3cnc(Nc4ccc(N5CCN(CCOC)CC5)cc4C#N)nc23)c1. The molecule has 2 N–H and O–H groups in total. The zero-order chi connectivity index (χ0) is 27.9. The molecule has 0 spiro atoms. The Morgan fingerprint density at radius 2 is 1.95 bits per heavy atom. The van der Waals surface area contributed by atoms with Gasteiger partial charge in [-0.25, -0.2) is 9.97 Å². The lowest BCUT2D eigenvalue weighted by Gasteiger charge is -2.36. The fraction of sp³-hybridized carbons (Fsp3) is 0.226. The Kier molecular flexibility index (Phi) is 8.30. The average molecular weight is 534 g/mol. The van der Waals surface area contributed by atoms with Crippen molar-refractivity contribution in [2.75, 3.05) is 62.0 Å². The zero-order valence-electron chi connectivity index (χ0n) is 22.4. The van der Waals surface area contributed by atoms with Gasteiger partial charge in [0.25, 0.3) is 0 Å². The number of aromatic nitrogens is 2. The second kappa shape index (κ2) is 12.4. The van der Waals surface area contributed by atoms with Crippen molar-refractivity contribution in [2.24, 2.45) is 0 Å². The van der Waals surface area contributed by atoms with E-state index in [0.717, 1.165) is 67.0 Å². The summed E-state index contributed by atoms with van der Waals surface area (Å²) in [6.07, 6.45) is 3.00. The van der Waals surface area contributed by atoms with Gasteiger partial charge in [0.15, 0.2) is 0 Å². The van der Waals surface area contributed by atoms with Crippen LogP contribution in [0.4, 0.5) is 23.0 Å². The number of nitrogens with zero attached hydrogens (tertiary/aromatic N) is 5. The number of nitrogens with one attached hydrogen (secondary N) is 2. The number of rotatable bonds is 9. The number of para-hydroxylation sites is 1. The van der Waals surface area contributed by atoms with Gasteiger partial charge in [-0.2, -0.15) is 5.26 Å². The molecule has 40 heavy (non-hydrogen) atoms. The fourth-order valence-corrected chi connectivity index (χ4v) is 4.81. The number of hydrogen-bond acceptors (Lipinski definition) is 8. The minimum atomic E-state index is -0.271. The number of methoxy groups -OCH3 is 1. The first-order valence-corrected chi connectivity index (χ1v) is 13.1. The van der Waals surface area contributed by atoms with E-state index in [1.807, 2.05) is 60.7 Å². The smallest absolute Gasteiger partial charge is 0.247 e. The molecule has 4 aromatic rings. The van der Waals surface area contributed by atoms with Gasteiger partial charge in [-0.1, -0.05) is 36.9 Å². The molecule has 1 aromatic heterocycles. The number of carbonyl (C=O) groups excluding carboxylic acids is 1. The van der Waals surface area contributed by atoms with Crippen LogP contribution in [0.5, 0.6) is 0 Å². The third kappa shape index (κ3) is 6.10. The topological polar surface area (TPSA) is 106 Å². The van der Waals surface area contributed by atoms with Gasteiger partial charge in [0.2, 0.25) is 11.9 Å². The highest BCUT2D eigenvalue weighted by Gasteiger charge is 2.18. The molecule has 0 saturated carbocycles. The Labute approximate surface area is 233 Å². The van der Waals surface area contributed by atoms with Gasteiger partial charge in [0, 0.05) is 68.4 Å². The van der Waals surface area contributed by atoms with Crippen LogP contribution in [0, 0.1) is 11.3 Å². The molecule has 1 saturated heterocycles. The van der Waals surface area contributed by atoms with Crippen LogP contribution < -0.4 is 15.5 Å². The number of hydrogen-bond donors (Lipinski definition) is 2. The summed E-state index contributed by atoms with van der Waals surface area (Å²) in [5.74, 6) is 0.125. The molecular weight excluding hydrogens is 502 g/mol. The van der Waals surface area contributed by atoms with Crippen LogP contribution >= 0.6 is 0 Å². The van der Waals surface area contributed by atoms with Crippen LogP contribution in [0.1, 0.15) is 5.56 Å². The molecule has 9 nitrogen and oxygen atoms in total. The van der Waals surface area contributed by atoms with E-state index in [0.29, 0.717) is 22.9 Å². The molecule has 9 heteroatoms. The van der Waals surface area contributed by atoms with Crippen molar-refractivity contribution in [3.05, 3.63) is 85.1 Å². The third-order valence-electron chi connectivity index (χ3n) is 6.96. The van der Waals surface area contributed by atoms with Gasteiger partial charge < -0.3 is 20.3 Å². The summed E-state index contributed by atoms with van der Waals surface area (Å²) in [7, 11) is 1.73. The number of amides is 1. The number of fused-ring (bicyclic) bond motifs is 1. The summed E-state index contributed by atoms with van der Waals surface area (Å²) in [6, 6.07) is 21.6. The van der Waals surface area contributed by atoms with Gasteiger partial charge in [-0.05, 0) is 42.0 Å². The normalized spacial score (nSPS) is 13.6. The van der Waals surface area contributed by atoms with Crippen LogP contribution in [-0.4, -0.2) is 67.2 Å². The van der Waals surface area contributed by atoms with Gasteiger partial charge in [-0.3, -0.25) is 9.69 Å². The van der Waals surface area contributed by atoms with E-state index in [2.05, 4.69) is 38.1 Å². The number of benzene rings is 3. The summed E-state index contributed by atoms with van der Waals surface area (Å²) < 4.78 is 5.20. The third-order valence-corrected chi connectivity index (χ3v) is 6.96. The first-order valence-electron chi connectivity index (χ1n) is 13.1. The highest BCUT2D eigenvalue weighted by molar-refractivity contribution is 6.00. The van der Waals surface area contributed by atoms with E-state index in [9.17, 15) is 10.1 Å². The number of carbonyl (C=O) groups is 1. The summed E-state index contributed by atoms with van der Waals surface area (Å²) >= 11 is 0. The predicted octanol–water partition coefficient (Wildman–Crippen LogP) is 4.80. The van der Waals surface area contributed by atoms with Gasteiger partial charge >= 0.3 is 0 Å². The first-order chi connectivity index (χ1) is 19.6. The summed E-state index contributed by atoms with van der Waals surface area (Å²) in [4.78, 5) is 25.8. The number of nitriles is 1. The molecule has 0 aliphatic carbocycles. The lowest BCUT2D eigenvalue weighted by Crippen LogP contribution is -2.47. The van der Waals surface area contributed by atoms with E-state index in [1.54, 1.807) is 13.3 Å². The molecule has 5 rings (SSSR count). The molecule has 0 unspecified atom stereocenters. The number of ether oxygens (including phenoxy) is 1. The largest absolute Gasteiger partial charge is 0.383 e. The van der Waals surface area contributed by atoms with Gasteiger partial charge in [-0.15, -0.1) is 0 Å². The van der Waals surface area contributed by atoms with Crippen molar-refractivity contribution >= 4 is 39.8 Å². The lowest BCUT2D eigenvalue weighted by atomic mass is 10.0. The van der Waals surface area contributed by atoms with E-state index in [1.165, 1.54) is 6.08 Å². The van der Waals surface area contributed by atoms with E-state index in [-0.39, 0.29) is 5.91 Å². The molecule has 0 bridgehead atoms. The van der Waals surface area contributed by atoms with E-state index >= 15 is 0 Å². The first kappa shape index (κ1) is 26.8. The van der Waals surface area contributed by atoms with Crippen molar-refractivity contribution < 1.29 is 9.53 Å². The summed E-state index contributed by atoms with van der Waals surface area (Å²) in [5.41, 5.74) is 5.44. The molecular formula is C31H31N7O2. The molecule has 1 amide bonds. The van der Waals surface area contributed by atoms with Crippen LogP contribution in [0.15, 0.2) is 79.5 Å². The molecule has 0 atom stereocenters. The number of piperazine rings is 1. The van der Waals surface area contributed by atoms with Crippen LogP contribution in [0.25, 0.3) is 22.0 Å². The maximum atomic E-state index is 11.8.